The first-order chi connectivity index (χ1) is 9.66. The molecule has 2 atom stereocenters. The summed E-state index contributed by atoms with van der Waals surface area (Å²) in [6.07, 6.45) is 5.47. The van der Waals surface area contributed by atoms with Crippen LogP contribution in [-0.4, -0.2) is 39.1 Å². The summed E-state index contributed by atoms with van der Waals surface area (Å²) in [5.41, 5.74) is 0. The molecule has 2 aliphatic rings. The molecule has 0 spiro atoms. The number of carboxylic acid groups (broad SMARTS) is 1. The summed E-state index contributed by atoms with van der Waals surface area (Å²) in [5.74, 6) is -0.121. The quantitative estimate of drug-likeness (QED) is 0.868. The van der Waals surface area contributed by atoms with Crippen molar-refractivity contribution in [3.63, 3.8) is 0 Å². The lowest BCUT2D eigenvalue weighted by Crippen LogP contribution is -2.45. The van der Waals surface area contributed by atoms with Gasteiger partial charge in [-0.2, -0.15) is 0 Å². The fourth-order valence-corrected chi connectivity index (χ4v) is 4.62. The summed E-state index contributed by atoms with van der Waals surface area (Å²) in [6, 6.07) is 3.17. The van der Waals surface area contributed by atoms with Crippen LogP contribution in [-0.2, 0) is 9.59 Å². The van der Waals surface area contributed by atoms with E-state index in [2.05, 4.69) is 0 Å². The van der Waals surface area contributed by atoms with E-state index in [-0.39, 0.29) is 11.3 Å². The van der Waals surface area contributed by atoms with Crippen LogP contribution in [0.5, 0.6) is 0 Å². The largest absolute Gasteiger partial charge is 0.480 e. The molecule has 0 radical (unpaired) electrons. The number of hydrogen-bond acceptors (Lipinski definition) is 4. The summed E-state index contributed by atoms with van der Waals surface area (Å²) < 4.78 is 0. The fraction of sp³-hybridized carbons (Fsp3) is 0.429. The molecule has 4 nitrogen and oxygen atoms in total. The van der Waals surface area contributed by atoms with E-state index in [1.54, 1.807) is 34.1 Å². The monoisotopic (exact) mass is 309 g/mol. The third kappa shape index (κ3) is 2.76. The van der Waals surface area contributed by atoms with Crippen LogP contribution in [0.4, 0.5) is 0 Å². The number of amides is 1. The van der Waals surface area contributed by atoms with E-state index in [1.807, 2.05) is 17.5 Å². The Morgan fingerprint density at radius 3 is 2.80 bits per heavy atom. The Morgan fingerprint density at radius 1 is 1.40 bits per heavy atom. The van der Waals surface area contributed by atoms with Crippen LogP contribution in [0.1, 0.15) is 17.7 Å². The lowest BCUT2D eigenvalue weighted by molar-refractivity contribution is -0.147. The zero-order chi connectivity index (χ0) is 14.1. The maximum absolute atomic E-state index is 12.4. The van der Waals surface area contributed by atoms with Crippen LogP contribution in [0, 0.1) is 5.92 Å². The van der Waals surface area contributed by atoms with Gasteiger partial charge in [0.2, 0.25) is 5.91 Å². The number of thioether (sulfide) groups is 1. The van der Waals surface area contributed by atoms with E-state index in [4.69, 9.17) is 0 Å². The number of aliphatic carboxylic acids is 1. The van der Waals surface area contributed by atoms with Crippen LogP contribution in [0.15, 0.2) is 23.6 Å². The number of thiophene rings is 1. The molecular formula is C14H15NO3S2. The van der Waals surface area contributed by atoms with Crippen molar-refractivity contribution in [3.05, 3.63) is 28.5 Å². The Hall–Kier alpha value is -1.27. The van der Waals surface area contributed by atoms with Gasteiger partial charge in [-0.1, -0.05) is 6.07 Å². The van der Waals surface area contributed by atoms with E-state index in [9.17, 15) is 14.7 Å². The van der Waals surface area contributed by atoms with Gasteiger partial charge in [0.1, 0.15) is 6.04 Å². The Labute approximate surface area is 125 Å². The first-order valence-electron chi connectivity index (χ1n) is 6.55. The van der Waals surface area contributed by atoms with Gasteiger partial charge in [-0.25, -0.2) is 4.79 Å². The molecule has 1 saturated carbocycles. The molecule has 2 fully saturated rings. The Balaban J connectivity index is 1.76. The molecular weight excluding hydrogens is 294 g/mol. The minimum absolute atomic E-state index is 0.0385. The van der Waals surface area contributed by atoms with E-state index >= 15 is 0 Å². The molecule has 20 heavy (non-hydrogen) atoms. The lowest BCUT2D eigenvalue weighted by Gasteiger charge is -2.26. The van der Waals surface area contributed by atoms with E-state index < -0.39 is 12.0 Å². The first kappa shape index (κ1) is 13.7. The summed E-state index contributed by atoms with van der Waals surface area (Å²) in [6.45, 7) is 0. The van der Waals surface area contributed by atoms with Crippen molar-refractivity contribution in [1.82, 2.24) is 4.90 Å². The van der Waals surface area contributed by atoms with Crippen LogP contribution in [0.2, 0.25) is 0 Å². The fourth-order valence-electron chi connectivity index (χ4n) is 2.37. The van der Waals surface area contributed by atoms with Gasteiger partial charge in [0.25, 0.3) is 0 Å². The molecule has 1 N–H and O–H groups in total. The van der Waals surface area contributed by atoms with Gasteiger partial charge in [0, 0.05) is 16.7 Å². The average molecular weight is 309 g/mol. The van der Waals surface area contributed by atoms with Crippen molar-refractivity contribution in [2.75, 3.05) is 5.75 Å². The summed E-state index contributed by atoms with van der Waals surface area (Å²) in [7, 11) is 0. The van der Waals surface area contributed by atoms with Gasteiger partial charge in [-0.05, 0) is 36.3 Å². The lowest BCUT2D eigenvalue weighted by atomic mass is 10.2. The molecule has 1 saturated heterocycles. The predicted octanol–water partition coefficient (Wildman–Crippen LogP) is 2.53. The highest BCUT2D eigenvalue weighted by molar-refractivity contribution is 8.00. The van der Waals surface area contributed by atoms with Crippen molar-refractivity contribution in [1.29, 1.82) is 0 Å². The topological polar surface area (TPSA) is 57.6 Å². The molecule has 2 unspecified atom stereocenters. The molecule has 2 heterocycles. The normalized spacial score (nSPS) is 26.3. The van der Waals surface area contributed by atoms with Crippen LogP contribution >= 0.6 is 23.1 Å². The number of hydrogen-bond donors (Lipinski definition) is 1. The third-order valence-electron chi connectivity index (χ3n) is 3.53. The van der Waals surface area contributed by atoms with Crippen molar-refractivity contribution in [2.24, 2.45) is 5.92 Å². The zero-order valence-corrected chi connectivity index (χ0v) is 12.4. The van der Waals surface area contributed by atoms with E-state index in [1.165, 1.54) is 6.08 Å². The van der Waals surface area contributed by atoms with Crippen molar-refractivity contribution in [2.45, 2.75) is 24.3 Å². The first-order valence-corrected chi connectivity index (χ1v) is 8.48. The summed E-state index contributed by atoms with van der Waals surface area (Å²) in [4.78, 5) is 26.2. The molecule has 0 bridgehead atoms. The van der Waals surface area contributed by atoms with Crippen molar-refractivity contribution >= 4 is 41.1 Å². The Morgan fingerprint density at radius 2 is 2.20 bits per heavy atom. The average Bonchev–Trinajstić information content (AvgIpc) is 2.97. The molecule has 1 aromatic heterocycles. The molecule has 1 amide bonds. The summed E-state index contributed by atoms with van der Waals surface area (Å²) >= 11 is 3.16. The highest BCUT2D eigenvalue weighted by atomic mass is 32.2. The highest BCUT2D eigenvalue weighted by Crippen LogP contribution is 2.45. The number of carbonyl (C=O) groups excluding carboxylic acids is 1. The maximum atomic E-state index is 12.4. The molecule has 1 aromatic rings. The molecule has 1 aliphatic carbocycles. The number of carboxylic acids is 1. The minimum Gasteiger partial charge on any atom is -0.480 e. The predicted molar refractivity (Wildman–Crippen MR) is 80.6 cm³/mol. The SMILES string of the molecule is O=C(O)C1CSC(C2CC2)N1C(=O)C=Cc1cccs1. The molecule has 3 rings (SSSR count). The van der Waals surface area contributed by atoms with E-state index in [0.717, 1.165) is 17.7 Å². The number of rotatable bonds is 4. The van der Waals surface area contributed by atoms with Crippen LogP contribution in [0.25, 0.3) is 6.08 Å². The van der Waals surface area contributed by atoms with Crippen LogP contribution in [0.3, 0.4) is 0 Å². The highest BCUT2D eigenvalue weighted by Gasteiger charge is 2.47. The van der Waals surface area contributed by atoms with Gasteiger partial charge in [-0.3, -0.25) is 4.79 Å². The Kier molecular flexibility index (Phi) is 3.85. The van der Waals surface area contributed by atoms with Crippen molar-refractivity contribution < 1.29 is 14.7 Å². The van der Waals surface area contributed by atoms with Gasteiger partial charge in [0.15, 0.2) is 0 Å². The second-order valence-corrected chi connectivity index (χ2v) is 7.14. The summed E-state index contributed by atoms with van der Waals surface area (Å²) in [5, 5.41) is 11.3. The second-order valence-electron chi connectivity index (χ2n) is 5.01. The third-order valence-corrected chi connectivity index (χ3v) is 5.83. The second kappa shape index (κ2) is 5.61. The maximum Gasteiger partial charge on any atom is 0.327 e. The van der Waals surface area contributed by atoms with Crippen molar-refractivity contribution in [3.8, 4) is 0 Å². The minimum atomic E-state index is -0.904. The van der Waals surface area contributed by atoms with Crippen LogP contribution < -0.4 is 0 Å². The zero-order valence-electron chi connectivity index (χ0n) is 10.8. The van der Waals surface area contributed by atoms with Gasteiger partial charge < -0.3 is 10.0 Å². The van der Waals surface area contributed by atoms with Gasteiger partial charge >= 0.3 is 5.97 Å². The molecule has 6 heteroatoms. The molecule has 106 valence electrons. The standard InChI is InChI=1S/C14H15NO3S2/c16-12(6-5-10-2-1-7-19-10)15-11(14(17)18)8-20-13(15)9-3-4-9/h1-2,5-7,9,11,13H,3-4,8H2,(H,17,18). The smallest absolute Gasteiger partial charge is 0.327 e. The Bertz CT molecular complexity index is 537. The number of nitrogens with zero attached hydrogens (tertiary/aromatic N) is 1. The number of carbonyl (C=O) groups is 2. The van der Waals surface area contributed by atoms with Gasteiger partial charge in [0.05, 0.1) is 5.37 Å². The van der Waals surface area contributed by atoms with E-state index in [0.29, 0.717) is 11.7 Å². The molecule has 1 aliphatic heterocycles. The molecule has 0 aromatic carbocycles. The van der Waals surface area contributed by atoms with Gasteiger partial charge in [-0.15, -0.1) is 23.1 Å².